The normalized spacial score (nSPS) is 22.1. The molecule has 8 heteroatoms. The van der Waals surface area contributed by atoms with Gasteiger partial charge in [0.15, 0.2) is 0 Å². The summed E-state index contributed by atoms with van der Waals surface area (Å²) in [7, 11) is 1.96. The van der Waals surface area contributed by atoms with Crippen molar-refractivity contribution < 1.29 is 4.74 Å². The quantitative estimate of drug-likeness (QED) is 0.442. The highest BCUT2D eigenvalue weighted by atomic mass is 16.5. The smallest absolute Gasteiger partial charge is 0.324 e. The van der Waals surface area contributed by atoms with Gasteiger partial charge in [-0.1, -0.05) is 12.1 Å². The molecule has 1 saturated carbocycles. The van der Waals surface area contributed by atoms with Crippen LogP contribution in [-0.4, -0.2) is 46.1 Å². The Labute approximate surface area is 190 Å². The van der Waals surface area contributed by atoms with Crippen molar-refractivity contribution in [2.45, 2.75) is 12.5 Å². The van der Waals surface area contributed by atoms with Gasteiger partial charge in [-0.25, -0.2) is 0 Å². The molecular weight excluding hydrogens is 414 g/mol. The maximum absolute atomic E-state index is 6.21. The Bertz CT molecular complexity index is 1410. The zero-order chi connectivity index (χ0) is 22.1. The summed E-state index contributed by atoms with van der Waals surface area (Å²) < 4.78 is 6.17. The molecule has 0 bridgehead atoms. The molecule has 3 heterocycles. The molecule has 2 fully saturated rings. The van der Waals surface area contributed by atoms with Gasteiger partial charge in [0, 0.05) is 62.3 Å². The van der Waals surface area contributed by atoms with E-state index < -0.39 is 0 Å². The zero-order valence-electron chi connectivity index (χ0n) is 18.2. The zero-order valence-corrected chi connectivity index (χ0v) is 18.2. The van der Waals surface area contributed by atoms with Crippen LogP contribution < -0.4 is 20.7 Å². The molecule has 0 amide bonds. The molecule has 1 aliphatic heterocycles. The number of aromatic nitrogens is 4. The van der Waals surface area contributed by atoms with Gasteiger partial charge in [0.1, 0.15) is 11.6 Å². The van der Waals surface area contributed by atoms with Crippen molar-refractivity contribution in [1.82, 2.24) is 19.9 Å². The van der Waals surface area contributed by atoms with E-state index in [2.05, 4.69) is 38.4 Å². The molecule has 3 N–H and O–H groups in total. The largest absolute Gasteiger partial charge is 0.424 e. The summed E-state index contributed by atoms with van der Waals surface area (Å²) in [6.45, 7) is 1.86. The molecule has 2 aromatic carbocycles. The first-order valence-electron chi connectivity index (χ1n) is 11.3. The number of nitrogens with zero attached hydrogens (tertiary/aromatic N) is 5. The summed E-state index contributed by atoms with van der Waals surface area (Å²) in [6, 6.07) is 12.7. The molecule has 3 aliphatic rings. The number of nitrogens with two attached hydrogens (primary N) is 1. The number of benzene rings is 2. The molecular formula is C25H23N7O. The van der Waals surface area contributed by atoms with Crippen LogP contribution in [0, 0.1) is 11.8 Å². The van der Waals surface area contributed by atoms with Crippen molar-refractivity contribution in [3.8, 4) is 22.9 Å². The van der Waals surface area contributed by atoms with Crippen molar-refractivity contribution >= 4 is 22.5 Å². The third kappa shape index (κ3) is 2.87. The molecule has 2 atom stereocenters. The minimum absolute atomic E-state index is 0.328. The highest BCUT2D eigenvalue weighted by Gasteiger charge is 2.54. The van der Waals surface area contributed by atoms with Crippen LogP contribution in [0.4, 0.5) is 11.5 Å². The molecule has 8 nitrogen and oxygen atoms in total. The Hall–Kier alpha value is -3.78. The Morgan fingerprint density at radius 1 is 1.03 bits per heavy atom. The Morgan fingerprint density at radius 3 is 2.67 bits per heavy atom. The second kappa shape index (κ2) is 6.86. The summed E-state index contributed by atoms with van der Waals surface area (Å²) in [5.41, 5.74) is 13.5. The second-order valence-electron chi connectivity index (χ2n) is 9.03. The van der Waals surface area contributed by atoms with Crippen LogP contribution in [-0.2, 0) is 6.42 Å². The highest BCUT2D eigenvalue weighted by Crippen LogP contribution is 2.50. The molecule has 2 aliphatic carbocycles. The van der Waals surface area contributed by atoms with Crippen molar-refractivity contribution in [2.24, 2.45) is 17.6 Å². The highest BCUT2D eigenvalue weighted by molar-refractivity contribution is 5.88. The van der Waals surface area contributed by atoms with Crippen molar-refractivity contribution in [2.75, 3.05) is 30.4 Å². The molecule has 0 radical (unpaired) electrons. The number of nitrogens with one attached hydrogen (secondary N) is 1. The lowest BCUT2D eigenvalue weighted by molar-refractivity contribution is 0.440. The fourth-order valence-corrected chi connectivity index (χ4v) is 5.42. The fourth-order valence-electron chi connectivity index (χ4n) is 5.42. The van der Waals surface area contributed by atoms with Crippen LogP contribution in [0.25, 0.3) is 22.2 Å². The molecule has 2 aromatic heterocycles. The maximum Gasteiger partial charge on any atom is 0.324 e. The maximum atomic E-state index is 6.21. The third-order valence-electron chi connectivity index (χ3n) is 7.21. The first kappa shape index (κ1) is 18.8. The minimum Gasteiger partial charge on any atom is -0.424 e. The monoisotopic (exact) mass is 437 g/mol. The van der Waals surface area contributed by atoms with Gasteiger partial charge >= 0.3 is 6.01 Å². The summed E-state index contributed by atoms with van der Waals surface area (Å²) in [5.74, 6) is 2.71. The summed E-state index contributed by atoms with van der Waals surface area (Å²) in [4.78, 5) is 20.8. The average molecular weight is 438 g/mol. The summed E-state index contributed by atoms with van der Waals surface area (Å²) in [6.07, 6.45) is 4.11. The lowest BCUT2D eigenvalue weighted by Crippen LogP contribution is -2.29. The number of rotatable bonds is 4. The average Bonchev–Trinajstić information content (AvgIpc) is 3.20. The SMILES string of the molecule is CNc1cccc2c1Cc1nc(Oc3ccc4nccnc4c3)nc(N3CC4C(N)C4C3)c1-2. The topological polar surface area (TPSA) is 102 Å². The summed E-state index contributed by atoms with van der Waals surface area (Å²) >= 11 is 0. The Balaban J connectivity index is 1.32. The van der Waals surface area contributed by atoms with Gasteiger partial charge in [-0.2, -0.15) is 9.97 Å². The predicted octanol–water partition coefficient (Wildman–Crippen LogP) is 3.22. The molecule has 1 saturated heterocycles. The van der Waals surface area contributed by atoms with Crippen molar-refractivity contribution in [1.29, 1.82) is 0 Å². The number of ether oxygens (including phenoxy) is 1. The predicted molar refractivity (Wildman–Crippen MR) is 127 cm³/mol. The Morgan fingerprint density at radius 2 is 1.85 bits per heavy atom. The van der Waals surface area contributed by atoms with Gasteiger partial charge < -0.3 is 20.7 Å². The van der Waals surface area contributed by atoms with Crippen molar-refractivity contribution in [3.05, 3.63) is 60.0 Å². The second-order valence-corrected chi connectivity index (χ2v) is 9.03. The van der Waals surface area contributed by atoms with E-state index in [1.807, 2.05) is 25.2 Å². The van der Waals surface area contributed by atoms with E-state index in [1.165, 1.54) is 11.1 Å². The number of piperidine rings is 1. The van der Waals surface area contributed by atoms with Gasteiger partial charge in [-0.3, -0.25) is 9.97 Å². The van der Waals surface area contributed by atoms with E-state index in [-0.39, 0.29) is 0 Å². The standard InChI is InChI=1S/C25H23N7O/c1-27-18-4-2-3-14-15(18)10-21-22(14)24(32-11-16-17(12-32)23(16)26)31-25(30-21)33-13-5-6-19-20(9-13)29-8-7-28-19/h2-9,16-17,23,27H,10-12,26H2,1H3. The van der Waals surface area contributed by atoms with Crippen LogP contribution in [0.5, 0.6) is 11.8 Å². The van der Waals surface area contributed by atoms with E-state index in [9.17, 15) is 0 Å². The van der Waals surface area contributed by atoms with Crippen LogP contribution in [0.1, 0.15) is 11.3 Å². The summed E-state index contributed by atoms with van der Waals surface area (Å²) in [5, 5.41) is 3.32. The van der Waals surface area contributed by atoms with Gasteiger partial charge in [-0.05, 0) is 41.2 Å². The number of hydrogen-bond donors (Lipinski definition) is 2. The van der Waals surface area contributed by atoms with E-state index in [4.69, 9.17) is 20.4 Å². The van der Waals surface area contributed by atoms with E-state index in [0.717, 1.165) is 53.3 Å². The number of hydrogen-bond acceptors (Lipinski definition) is 8. The van der Waals surface area contributed by atoms with Gasteiger partial charge in [0.25, 0.3) is 0 Å². The third-order valence-corrected chi connectivity index (χ3v) is 7.21. The van der Waals surface area contributed by atoms with Gasteiger partial charge in [0.2, 0.25) is 0 Å². The molecule has 0 spiro atoms. The molecule has 33 heavy (non-hydrogen) atoms. The number of anilines is 2. The fraction of sp³-hybridized carbons (Fsp3) is 0.280. The van der Waals surface area contributed by atoms with E-state index >= 15 is 0 Å². The van der Waals surface area contributed by atoms with Crippen LogP contribution in [0.3, 0.4) is 0 Å². The van der Waals surface area contributed by atoms with E-state index in [0.29, 0.717) is 29.6 Å². The van der Waals surface area contributed by atoms with E-state index in [1.54, 1.807) is 12.4 Å². The van der Waals surface area contributed by atoms with Gasteiger partial charge in [-0.15, -0.1) is 0 Å². The minimum atomic E-state index is 0.328. The number of fused-ring (bicyclic) bond motifs is 5. The first-order valence-corrected chi connectivity index (χ1v) is 11.3. The van der Waals surface area contributed by atoms with Crippen LogP contribution in [0.2, 0.25) is 0 Å². The van der Waals surface area contributed by atoms with Gasteiger partial charge in [0.05, 0.1) is 16.7 Å². The molecule has 164 valence electrons. The van der Waals surface area contributed by atoms with Crippen molar-refractivity contribution in [3.63, 3.8) is 0 Å². The lowest BCUT2D eigenvalue weighted by Gasteiger charge is -2.23. The first-order chi connectivity index (χ1) is 16.2. The molecule has 2 unspecified atom stereocenters. The van der Waals surface area contributed by atoms with Crippen LogP contribution in [0.15, 0.2) is 48.8 Å². The van der Waals surface area contributed by atoms with Crippen LogP contribution >= 0.6 is 0 Å². The molecule has 4 aromatic rings. The Kier molecular flexibility index (Phi) is 3.90. The lowest BCUT2D eigenvalue weighted by atomic mass is 10.1. The molecule has 7 rings (SSSR count).